The van der Waals surface area contributed by atoms with Gasteiger partial charge in [0.1, 0.15) is 0 Å². The van der Waals surface area contributed by atoms with Gasteiger partial charge in [0, 0.05) is 31.2 Å². The normalized spacial score (nSPS) is 34.0. The molecule has 1 aliphatic carbocycles. The molecular weight excluding hydrogens is 264 g/mol. The van der Waals surface area contributed by atoms with E-state index in [0.717, 1.165) is 52.1 Å². The second kappa shape index (κ2) is 7.91. The zero-order chi connectivity index (χ0) is 15.3. The second-order valence-corrected chi connectivity index (χ2v) is 7.66. The van der Waals surface area contributed by atoms with Gasteiger partial charge in [-0.1, -0.05) is 26.7 Å². The van der Waals surface area contributed by atoms with E-state index in [1.54, 1.807) is 0 Å². The molecule has 0 aromatic rings. The summed E-state index contributed by atoms with van der Waals surface area (Å²) >= 11 is 0. The molecule has 21 heavy (non-hydrogen) atoms. The van der Waals surface area contributed by atoms with Gasteiger partial charge < -0.3 is 20.1 Å². The second-order valence-electron chi connectivity index (χ2n) is 7.66. The number of hydrogen-bond donors (Lipinski definition) is 2. The predicted octanol–water partition coefficient (Wildman–Crippen LogP) is 1.87. The molecule has 124 valence electrons. The summed E-state index contributed by atoms with van der Waals surface area (Å²) in [6, 6.07) is 0.335. The van der Waals surface area contributed by atoms with Crippen molar-refractivity contribution in [2.24, 2.45) is 11.3 Å². The molecule has 2 fully saturated rings. The van der Waals surface area contributed by atoms with Crippen molar-refractivity contribution in [3.05, 3.63) is 0 Å². The highest BCUT2D eigenvalue weighted by atomic mass is 16.5. The molecule has 0 aromatic carbocycles. The number of nitrogens with zero attached hydrogens (tertiary/aromatic N) is 1. The summed E-state index contributed by atoms with van der Waals surface area (Å²) in [5.74, 6) is 0.683. The quantitative estimate of drug-likeness (QED) is 0.753. The molecule has 3 unspecified atom stereocenters. The topological polar surface area (TPSA) is 44.7 Å². The number of nitrogens with one attached hydrogen (secondary N) is 1. The number of aliphatic hydroxyl groups is 1. The Kier molecular flexibility index (Phi) is 6.48. The highest BCUT2D eigenvalue weighted by Gasteiger charge is 2.38. The molecule has 1 saturated carbocycles. The fourth-order valence-electron chi connectivity index (χ4n) is 3.85. The molecule has 3 atom stereocenters. The SMILES string of the molecule is CC(C)CNCC1(CN(C)C2CCCCC2O)CCOC1. The molecule has 0 bridgehead atoms. The fraction of sp³-hybridized carbons (Fsp3) is 1.00. The largest absolute Gasteiger partial charge is 0.391 e. The number of ether oxygens (including phenoxy) is 1. The molecule has 2 aliphatic rings. The Morgan fingerprint density at radius 1 is 1.33 bits per heavy atom. The monoisotopic (exact) mass is 298 g/mol. The van der Waals surface area contributed by atoms with Crippen LogP contribution >= 0.6 is 0 Å². The van der Waals surface area contributed by atoms with Gasteiger partial charge in [0.25, 0.3) is 0 Å². The van der Waals surface area contributed by atoms with E-state index in [2.05, 4.69) is 31.1 Å². The van der Waals surface area contributed by atoms with Crippen molar-refractivity contribution in [2.45, 2.75) is 58.1 Å². The maximum absolute atomic E-state index is 10.3. The zero-order valence-corrected chi connectivity index (χ0v) is 14.1. The van der Waals surface area contributed by atoms with Gasteiger partial charge in [-0.2, -0.15) is 0 Å². The van der Waals surface area contributed by atoms with Crippen LogP contribution in [0, 0.1) is 11.3 Å². The van der Waals surface area contributed by atoms with Crippen LogP contribution in [0.2, 0.25) is 0 Å². The molecule has 2 N–H and O–H groups in total. The first-order valence-electron chi connectivity index (χ1n) is 8.69. The number of aliphatic hydroxyl groups excluding tert-OH is 1. The maximum Gasteiger partial charge on any atom is 0.0695 e. The third-order valence-corrected chi connectivity index (χ3v) is 5.08. The molecular formula is C17H34N2O2. The van der Waals surface area contributed by atoms with Crippen molar-refractivity contribution in [1.29, 1.82) is 0 Å². The first kappa shape index (κ1) is 17.2. The lowest BCUT2D eigenvalue weighted by molar-refractivity contribution is 0.00947. The third-order valence-electron chi connectivity index (χ3n) is 5.08. The summed E-state index contributed by atoms with van der Waals surface area (Å²) in [6.07, 6.45) is 5.51. The van der Waals surface area contributed by atoms with E-state index in [0.29, 0.717) is 12.0 Å². The van der Waals surface area contributed by atoms with Gasteiger partial charge in [-0.25, -0.2) is 0 Å². The van der Waals surface area contributed by atoms with Crippen molar-refractivity contribution in [2.75, 3.05) is 39.9 Å². The van der Waals surface area contributed by atoms with Crippen molar-refractivity contribution >= 4 is 0 Å². The lowest BCUT2D eigenvalue weighted by Crippen LogP contribution is -2.51. The van der Waals surface area contributed by atoms with E-state index in [-0.39, 0.29) is 11.5 Å². The lowest BCUT2D eigenvalue weighted by Gasteiger charge is -2.40. The highest BCUT2D eigenvalue weighted by molar-refractivity contribution is 4.91. The average Bonchev–Trinajstić information content (AvgIpc) is 2.87. The summed E-state index contributed by atoms with van der Waals surface area (Å²) in [4.78, 5) is 2.40. The summed E-state index contributed by atoms with van der Waals surface area (Å²) < 4.78 is 5.70. The van der Waals surface area contributed by atoms with Crippen molar-refractivity contribution in [3.63, 3.8) is 0 Å². The molecule has 0 amide bonds. The van der Waals surface area contributed by atoms with Gasteiger partial charge in [-0.3, -0.25) is 0 Å². The molecule has 4 heteroatoms. The molecule has 1 heterocycles. The minimum atomic E-state index is -0.147. The molecule has 0 radical (unpaired) electrons. The third kappa shape index (κ3) is 4.92. The standard InChI is InChI=1S/C17H34N2O2/c1-14(2)10-18-11-17(8-9-21-13-17)12-19(3)15-6-4-5-7-16(15)20/h14-16,18,20H,4-13H2,1-3H3. The summed E-state index contributed by atoms with van der Waals surface area (Å²) in [6.45, 7) is 9.34. The Bertz CT molecular complexity index is 303. The number of rotatable bonds is 7. The highest BCUT2D eigenvalue weighted by Crippen LogP contribution is 2.31. The van der Waals surface area contributed by atoms with Gasteiger partial charge in [0.15, 0.2) is 0 Å². The van der Waals surface area contributed by atoms with Crippen LogP contribution in [0.25, 0.3) is 0 Å². The van der Waals surface area contributed by atoms with Gasteiger partial charge in [-0.05, 0) is 38.8 Å². The van der Waals surface area contributed by atoms with E-state index in [4.69, 9.17) is 4.74 Å². The van der Waals surface area contributed by atoms with E-state index in [1.807, 2.05) is 0 Å². The zero-order valence-electron chi connectivity index (χ0n) is 14.1. The lowest BCUT2D eigenvalue weighted by atomic mass is 9.84. The molecule has 0 spiro atoms. The van der Waals surface area contributed by atoms with Gasteiger partial charge in [0.2, 0.25) is 0 Å². The minimum absolute atomic E-state index is 0.147. The number of hydrogen-bond acceptors (Lipinski definition) is 4. The molecule has 0 aromatic heterocycles. The summed E-state index contributed by atoms with van der Waals surface area (Å²) in [5, 5.41) is 13.9. The summed E-state index contributed by atoms with van der Waals surface area (Å²) in [5.41, 5.74) is 0.223. The average molecular weight is 298 g/mol. The van der Waals surface area contributed by atoms with Crippen LogP contribution in [0.4, 0.5) is 0 Å². The van der Waals surface area contributed by atoms with Crippen molar-refractivity contribution in [3.8, 4) is 0 Å². The summed E-state index contributed by atoms with van der Waals surface area (Å²) in [7, 11) is 2.18. The van der Waals surface area contributed by atoms with E-state index in [9.17, 15) is 5.11 Å². The Hall–Kier alpha value is -0.160. The Labute approximate surface area is 130 Å². The van der Waals surface area contributed by atoms with E-state index in [1.165, 1.54) is 12.8 Å². The van der Waals surface area contributed by atoms with Crippen molar-refractivity contribution < 1.29 is 9.84 Å². The Morgan fingerprint density at radius 2 is 2.10 bits per heavy atom. The smallest absolute Gasteiger partial charge is 0.0695 e. The maximum atomic E-state index is 10.3. The van der Waals surface area contributed by atoms with Crippen LogP contribution in [-0.4, -0.2) is 62.0 Å². The molecule has 4 nitrogen and oxygen atoms in total. The number of likely N-dealkylation sites (N-methyl/N-ethyl adjacent to an activating group) is 1. The molecule has 1 saturated heterocycles. The Morgan fingerprint density at radius 3 is 2.71 bits per heavy atom. The first-order valence-corrected chi connectivity index (χ1v) is 8.69. The first-order chi connectivity index (χ1) is 10.0. The van der Waals surface area contributed by atoms with Crippen LogP contribution in [-0.2, 0) is 4.74 Å². The van der Waals surface area contributed by atoms with Crippen LogP contribution in [0.3, 0.4) is 0 Å². The van der Waals surface area contributed by atoms with Gasteiger partial charge >= 0.3 is 0 Å². The van der Waals surface area contributed by atoms with E-state index < -0.39 is 0 Å². The molecule has 1 aliphatic heterocycles. The fourth-order valence-corrected chi connectivity index (χ4v) is 3.85. The van der Waals surface area contributed by atoms with Gasteiger partial charge in [0.05, 0.1) is 12.7 Å². The van der Waals surface area contributed by atoms with Crippen LogP contribution in [0.15, 0.2) is 0 Å². The van der Waals surface area contributed by atoms with Crippen LogP contribution in [0.1, 0.15) is 46.0 Å². The minimum Gasteiger partial charge on any atom is -0.391 e. The van der Waals surface area contributed by atoms with Crippen molar-refractivity contribution in [1.82, 2.24) is 10.2 Å². The van der Waals surface area contributed by atoms with Gasteiger partial charge in [-0.15, -0.1) is 0 Å². The Balaban J connectivity index is 1.88. The van der Waals surface area contributed by atoms with E-state index >= 15 is 0 Å². The van der Waals surface area contributed by atoms with Crippen LogP contribution < -0.4 is 5.32 Å². The molecule has 2 rings (SSSR count). The predicted molar refractivity (Wildman–Crippen MR) is 86.5 cm³/mol. The van der Waals surface area contributed by atoms with Crippen LogP contribution in [0.5, 0.6) is 0 Å².